The first-order valence-electron chi connectivity index (χ1n) is 9.28. The fraction of sp³-hybridized carbons (Fsp3) is 0.476. The summed E-state index contributed by atoms with van der Waals surface area (Å²) in [5.41, 5.74) is 0.495. The molecule has 3 atom stereocenters. The predicted molar refractivity (Wildman–Crippen MR) is 110 cm³/mol. The summed E-state index contributed by atoms with van der Waals surface area (Å²) in [5.74, 6) is -3.43. The SMILES string of the molecule is COC(COCc1ccccc1)C(N[S@+]([O-])C(C)(C)C)C(F)(F)c1ccccn1. The highest BCUT2D eigenvalue weighted by atomic mass is 32.2. The van der Waals surface area contributed by atoms with Gasteiger partial charge in [-0.1, -0.05) is 36.4 Å². The minimum atomic E-state index is -3.43. The molecule has 0 aliphatic heterocycles. The molecule has 1 heterocycles. The fourth-order valence-corrected chi connectivity index (χ4v) is 3.45. The monoisotopic (exact) mass is 426 g/mol. The predicted octanol–water partition coefficient (Wildman–Crippen LogP) is 3.83. The van der Waals surface area contributed by atoms with Gasteiger partial charge in [0.25, 0.3) is 0 Å². The van der Waals surface area contributed by atoms with Gasteiger partial charge in [0.2, 0.25) is 0 Å². The van der Waals surface area contributed by atoms with E-state index in [2.05, 4.69) is 9.71 Å². The molecule has 0 radical (unpaired) electrons. The number of alkyl halides is 2. The van der Waals surface area contributed by atoms with Gasteiger partial charge in [-0.2, -0.15) is 8.78 Å². The van der Waals surface area contributed by atoms with Gasteiger partial charge in [0.05, 0.1) is 13.2 Å². The van der Waals surface area contributed by atoms with Crippen molar-refractivity contribution >= 4 is 11.4 Å². The van der Waals surface area contributed by atoms with E-state index in [1.54, 1.807) is 26.8 Å². The van der Waals surface area contributed by atoms with Gasteiger partial charge in [0.15, 0.2) is 6.04 Å². The molecule has 2 aromatic rings. The van der Waals surface area contributed by atoms with Crippen molar-refractivity contribution < 1.29 is 22.8 Å². The van der Waals surface area contributed by atoms with Crippen LogP contribution in [0, 0.1) is 0 Å². The minimum Gasteiger partial charge on any atom is -0.598 e. The van der Waals surface area contributed by atoms with E-state index in [1.807, 2.05) is 30.3 Å². The first-order chi connectivity index (χ1) is 13.7. The van der Waals surface area contributed by atoms with Crippen LogP contribution in [0.25, 0.3) is 0 Å². The highest BCUT2D eigenvalue weighted by molar-refractivity contribution is 7.90. The van der Waals surface area contributed by atoms with Crippen LogP contribution >= 0.6 is 0 Å². The summed E-state index contributed by atoms with van der Waals surface area (Å²) < 4.78 is 56.2. The number of methoxy groups -OCH3 is 1. The lowest BCUT2D eigenvalue weighted by Gasteiger charge is -2.35. The summed E-state index contributed by atoms with van der Waals surface area (Å²) >= 11 is -1.74. The molecule has 0 aliphatic rings. The second kappa shape index (κ2) is 10.4. The number of rotatable bonds is 10. The van der Waals surface area contributed by atoms with Crippen LogP contribution in [-0.4, -0.2) is 40.1 Å². The summed E-state index contributed by atoms with van der Waals surface area (Å²) in [6, 6.07) is 12.1. The third-order valence-corrected chi connectivity index (χ3v) is 5.84. The van der Waals surface area contributed by atoms with E-state index >= 15 is 8.78 Å². The van der Waals surface area contributed by atoms with Crippen LogP contribution in [0.15, 0.2) is 54.7 Å². The summed E-state index contributed by atoms with van der Waals surface area (Å²) in [6.07, 6.45) is 0.247. The van der Waals surface area contributed by atoms with Crippen LogP contribution in [0.1, 0.15) is 32.0 Å². The molecule has 160 valence electrons. The summed E-state index contributed by atoms with van der Waals surface area (Å²) in [7, 11) is 1.33. The summed E-state index contributed by atoms with van der Waals surface area (Å²) in [6.45, 7) is 5.27. The lowest BCUT2D eigenvalue weighted by Crippen LogP contribution is -2.58. The lowest BCUT2D eigenvalue weighted by molar-refractivity contribution is -0.110. The van der Waals surface area contributed by atoms with Gasteiger partial charge in [-0.15, -0.1) is 4.72 Å². The van der Waals surface area contributed by atoms with E-state index in [1.165, 1.54) is 25.4 Å². The van der Waals surface area contributed by atoms with E-state index in [0.29, 0.717) is 0 Å². The molecule has 2 unspecified atom stereocenters. The number of hydrogen-bond donors (Lipinski definition) is 1. The number of hydrogen-bond acceptors (Lipinski definition) is 5. The molecule has 1 N–H and O–H groups in total. The number of ether oxygens (including phenoxy) is 2. The maximum Gasteiger partial charge on any atom is 0.311 e. The van der Waals surface area contributed by atoms with Gasteiger partial charge in [-0.25, -0.2) is 0 Å². The van der Waals surface area contributed by atoms with Crippen molar-refractivity contribution in [2.75, 3.05) is 13.7 Å². The molecule has 0 amide bonds. The number of halogens is 2. The average Bonchev–Trinajstić information content (AvgIpc) is 2.70. The standard InChI is InChI=1S/C21H28F2N2O3S/c1-20(2,3)29(26)25-19(21(22,23)18-12-8-9-13-24-18)17(27-4)15-28-14-16-10-6-5-7-11-16/h5-13,17,19,25H,14-15H2,1-4H3/t17?,19?,29-/m1/s1. The Labute approximate surface area is 174 Å². The molecular formula is C21H28F2N2O3S. The molecule has 0 saturated heterocycles. The smallest absolute Gasteiger partial charge is 0.311 e. The fourth-order valence-electron chi connectivity index (χ4n) is 2.56. The zero-order valence-electron chi connectivity index (χ0n) is 17.1. The number of pyridine rings is 1. The second-order valence-corrected chi connectivity index (χ2v) is 9.59. The Balaban J connectivity index is 2.21. The van der Waals surface area contributed by atoms with Crippen molar-refractivity contribution in [3.05, 3.63) is 66.0 Å². The highest BCUT2D eigenvalue weighted by Crippen LogP contribution is 2.34. The van der Waals surface area contributed by atoms with Gasteiger partial charge in [0.1, 0.15) is 16.5 Å². The van der Waals surface area contributed by atoms with Crippen molar-refractivity contribution in [3.63, 3.8) is 0 Å². The van der Waals surface area contributed by atoms with E-state index in [0.717, 1.165) is 5.56 Å². The topological polar surface area (TPSA) is 66.4 Å². The van der Waals surface area contributed by atoms with Crippen LogP contribution < -0.4 is 4.72 Å². The normalized spacial score (nSPS) is 15.7. The van der Waals surface area contributed by atoms with Crippen molar-refractivity contribution in [2.45, 2.75) is 50.2 Å². The Bertz CT molecular complexity index is 730. The van der Waals surface area contributed by atoms with Crippen molar-refractivity contribution in [1.29, 1.82) is 0 Å². The molecular weight excluding hydrogens is 398 g/mol. The summed E-state index contributed by atoms with van der Waals surface area (Å²) in [4.78, 5) is 3.80. The Morgan fingerprint density at radius 1 is 1.10 bits per heavy atom. The van der Waals surface area contributed by atoms with E-state index in [-0.39, 0.29) is 13.2 Å². The van der Waals surface area contributed by atoms with Crippen LogP contribution in [0.2, 0.25) is 0 Å². The molecule has 0 bridgehead atoms. The average molecular weight is 427 g/mol. The zero-order valence-corrected chi connectivity index (χ0v) is 17.9. The van der Waals surface area contributed by atoms with Crippen LogP contribution in [-0.2, 0) is 33.4 Å². The molecule has 0 saturated carbocycles. The number of nitrogens with one attached hydrogen (secondary N) is 1. The highest BCUT2D eigenvalue weighted by Gasteiger charge is 2.51. The Morgan fingerprint density at radius 2 is 1.76 bits per heavy atom. The quantitative estimate of drug-likeness (QED) is 0.585. The first-order valence-corrected chi connectivity index (χ1v) is 10.4. The van der Waals surface area contributed by atoms with Gasteiger partial charge >= 0.3 is 5.92 Å². The molecule has 1 aromatic heterocycles. The van der Waals surface area contributed by atoms with Crippen LogP contribution in [0.4, 0.5) is 8.78 Å². The minimum absolute atomic E-state index is 0.104. The number of benzene rings is 1. The molecule has 8 heteroatoms. The summed E-state index contributed by atoms with van der Waals surface area (Å²) in [5, 5.41) is 0. The second-order valence-electron chi connectivity index (χ2n) is 7.59. The molecule has 5 nitrogen and oxygen atoms in total. The van der Waals surface area contributed by atoms with Crippen LogP contribution in [0.5, 0.6) is 0 Å². The molecule has 1 aromatic carbocycles. The van der Waals surface area contributed by atoms with E-state index < -0.39 is 39.9 Å². The maximum atomic E-state index is 15.4. The van der Waals surface area contributed by atoms with Gasteiger partial charge in [0, 0.05) is 24.7 Å². The molecule has 0 aliphatic carbocycles. The first kappa shape index (κ1) is 23.7. The zero-order chi connectivity index (χ0) is 21.5. The molecule has 0 spiro atoms. The van der Waals surface area contributed by atoms with E-state index in [9.17, 15) is 4.55 Å². The maximum absolute atomic E-state index is 15.4. The number of aromatic nitrogens is 1. The van der Waals surface area contributed by atoms with Gasteiger partial charge < -0.3 is 14.0 Å². The van der Waals surface area contributed by atoms with Crippen molar-refractivity contribution in [2.24, 2.45) is 0 Å². The van der Waals surface area contributed by atoms with Crippen molar-refractivity contribution in [1.82, 2.24) is 9.71 Å². The third kappa shape index (κ3) is 6.72. The molecule has 2 rings (SSSR count). The van der Waals surface area contributed by atoms with Crippen molar-refractivity contribution in [3.8, 4) is 0 Å². The number of nitrogens with zero attached hydrogens (tertiary/aromatic N) is 1. The molecule has 0 fully saturated rings. The molecule has 29 heavy (non-hydrogen) atoms. The van der Waals surface area contributed by atoms with E-state index in [4.69, 9.17) is 9.47 Å². The Morgan fingerprint density at radius 3 is 2.31 bits per heavy atom. The largest absolute Gasteiger partial charge is 0.598 e. The van der Waals surface area contributed by atoms with Gasteiger partial charge in [-0.3, -0.25) is 4.98 Å². The lowest BCUT2D eigenvalue weighted by atomic mass is 10.0. The Kier molecular flexibility index (Phi) is 8.54. The third-order valence-electron chi connectivity index (χ3n) is 4.26. The Hall–Kier alpha value is -1.58. The van der Waals surface area contributed by atoms with Crippen LogP contribution in [0.3, 0.4) is 0 Å². The van der Waals surface area contributed by atoms with Gasteiger partial charge in [-0.05, 0) is 38.5 Å².